The molecule has 0 aliphatic carbocycles. The Morgan fingerprint density at radius 3 is 1.47 bits per heavy atom. The van der Waals surface area contributed by atoms with Crippen LogP contribution in [-0.4, -0.2) is 22.0 Å². The number of hydrogen-bond donors (Lipinski definition) is 0. The number of hydrogen-bond acceptors (Lipinski definition) is 7. The van der Waals surface area contributed by atoms with Gasteiger partial charge >= 0.3 is 0 Å². The van der Waals surface area contributed by atoms with E-state index < -0.39 is 0 Å². The van der Waals surface area contributed by atoms with Crippen molar-refractivity contribution in [3.05, 3.63) is 84.9 Å². The Morgan fingerprint density at radius 1 is 0.535 bits per heavy atom. The van der Waals surface area contributed by atoms with Gasteiger partial charge in [-0.05, 0) is 72.5 Å². The molecule has 0 aliphatic heterocycles. The van der Waals surface area contributed by atoms with Gasteiger partial charge in [0.05, 0.1) is 24.9 Å². The SMILES string of the molecule is CCCCCOc1cccc(-c2ccc(-c3ccc(-c4ccc(-c5cccc(OCCCCC)c5)s4)c4nsnc34)s2)c1. The monoisotopic (exact) mass is 624 g/mol. The zero-order valence-electron chi connectivity index (χ0n) is 24.7. The number of benzene rings is 3. The molecule has 0 saturated heterocycles. The summed E-state index contributed by atoms with van der Waals surface area (Å²) in [6, 6.07) is 30.0. The molecule has 0 N–H and O–H groups in total. The zero-order chi connectivity index (χ0) is 29.4. The van der Waals surface area contributed by atoms with Gasteiger partial charge in [-0.25, -0.2) is 0 Å². The summed E-state index contributed by atoms with van der Waals surface area (Å²) < 4.78 is 21.5. The predicted molar refractivity (Wildman–Crippen MR) is 185 cm³/mol. The average Bonchev–Trinajstić information content (AvgIpc) is 3.83. The number of fused-ring (bicyclic) bond motifs is 1. The lowest BCUT2D eigenvalue weighted by Gasteiger charge is -2.07. The summed E-state index contributed by atoms with van der Waals surface area (Å²) in [6.45, 7) is 5.95. The molecular formula is C36H36N2O2S3. The molecule has 0 aliphatic rings. The molecular weight excluding hydrogens is 589 g/mol. The maximum absolute atomic E-state index is 6.01. The Balaban J connectivity index is 1.22. The molecule has 4 nitrogen and oxygen atoms in total. The van der Waals surface area contributed by atoms with E-state index in [0.29, 0.717) is 0 Å². The molecule has 0 spiro atoms. The number of rotatable bonds is 14. The van der Waals surface area contributed by atoms with Crippen LogP contribution in [0.3, 0.4) is 0 Å². The molecule has 0 radical (unpaired) electrons. The second kappa shape index (κ2) is 14.3. The highest BCUT2D eigenvalue weighted by atomic mass is 32.1. The van der Waals surface area contributed by atoms with Crippen molar-refractivity contribution in [1.29, 1.82) is 0 Å². The van der Waals surface area contributed by atoms with Crippen LogP contribution in [-0.2, 0) is 0 Å². The number of unbranched alkanes of at least 4 members (excludes halogenated alkanes) is 4. The number of thiophene rings is 2. The summed E-state index contributed by atoms with van der Waals surface area (Å²) >= 11 is 4.84. The molecule has 0 unspecified atom stereocenters. The third-order valence-corrected chi connectivity index (χ3v) is 10.3. The van der Waals surface area contributed by atoms with Crippen LogP contribution in [0.4, 0.5) is 0 Å². The lowest BCUT2D eigenvalue weighted by atomic mass is 10.1. The van der Waals surface area contributed by atoms with Gasteiger partial charge in [0.1, 0.15) is 22.5 Å². The van der Waals surface area contributed by atoms with E-state index in [1.165, 1.54) is 68.0 Å². The topological polar surface area (TPSA) is 44.2 Å². The van der Waals surface area contributed by atoms with Crippen LogP contribution in [0.2, 0.25) is 0 Å². The number of aromatic nitrogens is 2. The van der Waals surface area contributed by atoms with E-state index >= 15 is 0 Å². The minimum absolute atomic E-state index is 0.764. The van der Waals surface area contributed by atoms with E-state index in [0.717, 1.165) is 59.7 Å². The largest absolute Gasteiger partial charge is 0.494 e. The molecule has 0 atom stereocenters. The van der Waals surface area contributed by atoms with Crippen molar-refractivity contribution < 1.29 is 9.47 Å². The van der Waals surface area contributed by atoms with Crippen LogP contribution < -0.4 is 9.47 Å². The molecule has 0 bridgehead atoms. The highest BCUT2D eigenvalue weighted by Gasteiger charge is 2.17. The normalized spacial score (nSPS) is 11.3. The van der Waals surface area contributed by atoms with Crippen molar-refractivity contribution >= 4 is 45.4 Å². The van der Waals surface area contributed by atoms with E-state index in [1.807, 2.05) is 12.1 Å². The fraction of sp³-hybridized carbons (Fsp3) is 0.278. The molecule has 43 heavy (non-hydrogen) atoms. The summed E-state index contributed by atoms with van der Waals surface area (Å²) in [5.74, 6) is 1.86. The Bertz CT molecular complexity index is 1660. The molecule has 3 aromatic carbocycles. The summed E-state index contributed by atoms with van der Waals surface area (Å²) in [5, 5.41) is 0. The first kappa shape index (κ1) is 29.5. The Hall–Kier alpha value is -3.52. The van der Waals surface area contributed by atoms with Crippen LogP contribution in [0.25, 0.3) is 52.8 Å². The zero-order valence-corrected chi connectivity index (χ0v) is 27.1. The third kappa shape index (κ3) is 7.01. The lowest BCUT2D eigenvalue weighted by molar-refractivity contribution is 0.306. The minimum Gasteiger partial charge on any atom is -0.494 e. The highest BCUT2D eigenvalue weighted by molar-refractivity contribution is 7.19. The average molecular weight is 625 g/mol. The highest BCUT2D eigenvalue weighted by Crippen LogP contribution is 2.43. The fourth-order valence-electron chi connectivity index (χ4n) is 5.10. The molecule has 0 saturated carbocycles. The maximum atomic E-state index is 6.01. The quantitative estimate of drug-likeness (QED) is 0.113. The van der Waals surface area contributed by atoms with Crippen LogP contribution >= 0.6 is 34.4 Å². The second-order valence-electron chi connectivity index (χ2n) is 10.6. The summed E-state index contributed by atoms with van der Waals surface area (Å²) in [6.07, 6.45) is 6.97. The number of ether oxygens (including phenoxy) is 2. The maximum Gasteiger partial charge on any atom is 0.119 e. The van der Waals surface area contributed by atoms with Gasteiger partial charge in [0.25, 0.3) is 0 Å². The first-order valence-corrected chi connectivity index (χ1v) is 17.5. The minimum atomic E-state index is 0.764. The van der Waals surface area contributed by atoms with Crippen molar-refractivity contribution in [3.8, 4) is 53.3 Å². The Labute approximate surface area is 266 Å². The van der Waals surface area contributed by atoms with E-state index in [-0.39, 0.29) is 0 Å². The van der Waals surface area contributed by atoms with E-state index in [9.17, 15) is 0 Å². The van der Waals surface area contributed by atoms with E-state index in [4.69, 9.17) is 18.2 Å². The van der Waals surface area contributed by atoms with Gasteiger partial charge in [-0.1, -0.05) is 75.9 Å². The van der Waals surface area contributed by atoms with E-state index in [2.05, 4.69) is 86.6 Å². The second-order valence-corrected chi connectivity index (χ2v) is 13.3. The van der Waals surface area contributed by atoms with Crippen LogP contribution in [0.5, 0.6) is 11.5 Å². The van der Waals surface area contributed by atoms with Crippen LogP contribution in [0.1, 0.15) is 52.4 Å². The third-order valence-electron chi connectivity index (χ3n) is 7.43. The predicted octanol–water partition coefficient (Wildman–Crippen LogP) is 11.6. The van der Waals surface area contributed by atoms with Gasteiger partial charge in [0, 0.05) is 30.6 Å². The molecule has 3 heterocycles. The molecule has 6 rings (SSSR count). The first-order chi connectivity index (χ1) is 21.2. The fourth-order valence-corrected chi connectivity index (χ4v) is 7.73. The van der Waals surface area contributed by atoms with Crippen molar-refractivity contribution in [2.24, 2.45) is 0 Å². The summed E-state index contributed by atoms with van der Waals surface area (Å²) in [7, 11) is 0. The molecule has 220 valence electrons. The van der Waals surface area contributed by atoms with Crippen molar-refractivity contribution in [1.82, 2.24) is 8.75 Å². The van der Waals surface area contributed by atoms with Crippen LogP contribution in [0.15, 0.2) is 84.9 Å². The smallest absolute Gasteiger partial charge is 0.119 e. The molecule has 0 fully saturated rings. The van der Waals surface area contributed by atoms with Gasteiger partial charge in [0.15, 0.2) is 0 Å². The Kier molecular flexibility index (Phi) is 9.83. The van der Waals surface area contributed by atoms with Gasteiger partial charge in [-0.3, -0.25) is 0 Å². The molecule has 6 aromatic rings. The molecule has 3 aromatic heterocycles. The number of nitrogens with zero attached hydrogens (tertiary/aromatic N) is 2. The van der Waals surface area contributed by atoms with Crippen molar-refractivity contribution in [2.45, 2.75) is 52.4 Å². The van der Waals surface area contributed by atoms with Gasteiger partial charge < -0.3 is 9.47 Å². The summed E-state index contributed by atoms with van der Waals surface area (Å²) in [5.41, 5.74) is 6.52. The molecule has 7 heteroatoms. The molecule has 0 amide bonds. The standard InChI is InChI=1S/C36H36N2O2S3/c1-3-5-7-21-39-27-13-9-11-25(23-27)31-17-19-33(41-31)29-15-16-30(36-35(29)37-43-38-36)34-20-18-32(42-34)26-12-10-14-28(24-26)40-22-8-6-4-2/h9-20,23-24H,3-8,21-22H2,1-2H3. The van der Waals surface area contributed by atoms with Crippen LogP contribution in [0, 0.1) is 0 Å². The van der Waals surface area contributed by atoms with E-state index in [1.54, 1.807) is 22.7 Å². The van der Waals surface area contributed by atoms with Crippen molar-refractivity contribution in [3.63, 3.8) is 0 Å². The first-order valence-electron chi connectivity index (χ1n) is 15.2. The van der Waals surface area contributed by atoms with Gasteiger partial charge in [0.2, 0.25) is 0 Å². The van der Waals surface area contributed by atoms with Gasteiger partial charge in [-0.2, -0.15) is 8.75 Å². The van der Waals surface area contributed by atoms with Crippen molar-refractivity contribution in [2.75, 3.05) is 13.2 Å². The summed E-state index contributed by atoms with van der Waals surface area (Å²) in [4.78, 5) is 4.81. The van der Waals surface area contributed by atoms with Gasteiger partial charge in [-0.15, -0.1) is 22.7 Å². The lowest BCUT2D eigenvalue weighted by Crippen LogP contribution is -1.96. The Morgan fingerprint density at radius 2 is 1.00 bits per heavy atom.